The van der Waals surface area contributed by atoms with Gasteiger partial charge in [0.15, 0.2) is 5.78 Å². The molecule has 0 spiro atoms. The van der Waals surface area contributed by atoms with Crippen LogP contribution < -0.4 is 0 Å². The Morgan fingerprint density at radius 3 is 2.58 bits per heavy atom. The Balaban J connectivity index is 2.45. The Kier molecular flexibility index (Phi) is 5.08. The molecule has 0 bridgehead atoms. The first-order valence-corrected chi connectivity index (χ1v) is 5.60. The number of rotatable bonds is 6. The molecule has 0 aliphatic carbocycles. The van der Waals surface area contributed by atoms with Crippen LogP contribution in [-0.2, 0) is 27.0 Å². The van der Waals surface area contributed by atoms with E-state index in [9.17, 15) is 22.8 Å². The zero-order chi connectivity index (χ0) is 14.5. The number of halogens is 3. The normalized spacial score (nSPS) is 11.4. The van der Waals surface area contributed by atoms with Crippen molar-refractivity contribution in [2.24, 2.45) is 0 Å². The van der Waals surface area contributed by atoms with Gasteiger partial charge in [-0.15, -0.1) is 0 Å². The zero-order valence-electron chi connectivity index (χ0n) is 10.2. The second-order valence-corrected chi connectivity index (χ2v) is 3.77. The molecule has 0 saturated carbocycles. The van der Waals surface area contributed by atoms with Gasteiger partial charge in [0.2, 0.25) is 0 Å². The van der Waals surface area contributed by atoms with Crippen molar-refractivity contribution >= 4 is 11.8 Å². The van der Waals surface area contributed by atoms with E-state index in [2.05, 4.69) is 9.84 Å². The quantitative estimate of drug-likeness (QED) is 0.745. The van der Waals surface area contributed by atoms with Gasteiger partial charge in [-0.05, 0) is 6.92 Å². The molecule has 1 aromatic rings. The van der Waals surface area contributed by atoms with E-state index in [-0.39, 0.29) is 31.8 Å². The maximum absolute atomic E-state index is 12.3. The number of esters is 1. The highest BCUT2D eigenvalue weighted by Gasteiger charge is 2.32. The van der Waals surface area contributed by atoms with E-state index in [1.165, 1.54) is 0 Å². The van der Waals surface area contributed by atoms with Crippen molar-refractivity contribution < 1.29 is 27.5 Å². The third-order valence-corrected chi connectivity index (χ3v) is 2.21. The van der Waals surface area contributed by atoms with Crippen LogP contribution in [-0.4, -0.2) is 28.1 Å². The number of ether oxygens (including phenoxy) is 1. The smallest absolute Gasteiger partial charge is 0.419 e. The number of alkyl halides is 3. The van der Waals surface area contributed by atoms with Crippen molar-refractivity contribution in [2.75, 3.05) is 6.61 Å². The Bertz CT molecular complexity index is 454. The summed E-state index contributed by atoms with van der Waals surface area (Å²) in [7, 11) is 0. The second-order valence-electron chi connectivity index (χ2n) is 3.77. The highest BCUT2D eigenvalue weighted by Crippen LogP contribution is 2.28. The predicted molar refractivity (Wildman–Crippen MR) is 58.1 cm³/mol. The van der Waals surface area contributed by atoms with Crippen molar-refractivity contribution in [2.45, 2.75) is 32.5 Å². The highest BCUT2D eigenvalue weighted by atomic mass is 19.4. The first kappa shape index (κ1) is 15.2. The van der Waals surface area contributed by atoms with E-state index in [0.717, 1.165) is 10.9 Å². The van der Waals surface area contributed by atoms with Crippen LogP contribution in [0.5, 0.6) is 0 Å². The molecule has 0 radical (unpaired) electrons. The van der Waals surface area contributed by atoms with Crippen molar-refractivity contribution in [3.8, 4) is 0 Å². The van der Waals surface area contributed by atoms with Crippen molar-refractivity contribution in [1.82, 2.24) is 9.78 Å². The first-order valence-electron chi connectivity index (χ1n) is 5.60. The molecule has 0 atom stereocenters. The lowest BCUT2D eigenvalue weighted by molar-refractivity contribution is -0.144. The van der Waals surface area contributed by atoms with Crippen molar-refractivity contribution in [3.05, 3.63) is 18.0 Å². The fourth-order valence-electron chi connectivity index (χ4n) is 1.33. The van der Waals surface area contributed by atoms with E-state index in [0.29, 0.717) is 6.20 Å². The van der Waals surface area contributed by atoms with Crippen LogP contribution in [0.1, 0.15) is 25.3 Å². The molecule has 0 aliphatic rings. The fourth-order valence-corrected chi connectivity index (χ4v) is 1.33. The lowest BCUT2D eigenvalue weighted by atomic mass is 10.2. The summed E-state index contributed by atoms with van der Waals surface area (Å²) in [4.78, 5) is 22.4. The number of hydrogen-bond donors (Lipinski definition) is 0. The second kappa shape index (κ2) is 6.35. The number of ketones is 1. The molecule has 5 nitrogen and oxygen atoms in total. The summed E-state index contributed by atoms with van der Waals surface area (Å²) >= 11 is 0. The molecular weight excluding hydrogens is 265 g/mol. The lowest BCUT2D eigenvalue weighted by Gasteiger charge is -2.03. The first-order chi connectivity index (χ1) is 8.82. The molecular formula is C11H13F3N2O3. The van der Waals surface area contributed by atoms with E-state index in [1.807, 2.05) is 0 Å². The van der Waals surface area contributed by atoms with E-state index < -0.39 is 17.7 Å². The molecule has 0 unspecified atom stereocenters. The van der Waals surface area contributed by atoms with E-state index in [4.69, 9.17) is 0 Å². The van der Waals surface area contributed by atoms with Gasteiger partial charge in [0, 0.05) is 12.6 Å². The van der Waals surface area contributed by atoms with Gasteiger partial charge in [-0.1, -0.05) is 0 Å². The minimum atomic E-state index is -4.48. The summed E-state index contributed by atoms with van der Waals surface area (Å²) in [6, 6.07) is 0. The predicted octanol–water partition coefficient (Wildman–Crippen LogP) is 1.81. The van der Waals surface area contributed by atoms with Gasteiger partial charge >= 0.3 is 12.1 Å². The van der Waals surface area contributed by atoms with Crippen LogP contribution in [0.4, 0.5) is 13.2 Å². The summed E-state index contributed by atoms with van der Waals surface area (Å²) in [6.07, 6.45) is -3.24. The number of carbonyl (C=O) groups excluding carboxylic acids is 2. The molecule has 19 heavy (non-hydrogen) atoms. The third-order valence-electron chi connectivity index (χ3n) is 2.21. The molecule has 1 heterocycles. The van der Waals surface area contributed by atoms with Crippen LogP contribution >= 0.6 is 0 Å². The minimum absolute atomic E-state index is 0.0833. The van der Waals surface area contributed by atoms with Gasteiger partial charge in [-0.2, -0.15) is 18.3 Å². The topological polar surface area (TPSA) is 61.2 Å². The van der Waals surface area contributed by atoms with Gasteiger partial charge in [-0.25, -0.2) is 0 Å². The van der Waals surface area contributed by atoms with Gasteiger partial charge in [0.25, 0.3) is 0 Å². The Morgan fingerprint density at radius 2 is 2.05 bits per heavy atom. The number of carbonyl (C=O) groups is 2. The van der Waals surface area contributed by atoms with Gasteiger partial charge < -0.3 is 4.74 Å². The molecule has 1 rings (SSSR count). The Morgan fingerprint density at radius 1 is 1.37 bits per heavy atom. The number of Topliss-reactive ketones (excluding diaryl/α,β-unsaturated/α-hetero) is 1. The summed E-state index contributed by atoms with van der Waals surface area (Å²) < 4.78 is 42.4. The number of nitrogens with zero attached hydrogens (tertiary/aromatic N) is 2. The summed E-state index contributed by atoms with van der Waals surface area (Å²) in [6.45, 7) is 1.57. The van der Waals surface area contributed by atoms with Crippen LogP contribution in [0.15, 0.2) is 12.4 Å². The van der Waals surface area contributed by atoms with Gasteiger partial charge in [-0.3, -0.25) is 14.3 Å². The van der Waals surface area contributed by atoms with E-state index in [1.54, 1.807) is 6.92 Å². The van der Waals surface area contributed by atoms with Crippen molar-refractivity contribution in [3.63, 3.8) is 0 Å². The SMILES string of the molecule is CCOC(=O)CCC(=O)Cn1cc(C(F)(F)F)cn1. The molecule has 8 heteroatoms. The molecule has 0 saturated heterocycles. The lowest BCUT2D eigenvalue weighted by Crippen LogP contribution is -2.13. The molecule has 0 fully saturated rings. The number of aromatic nitrogens is 2. The molecule has 0 aliphatic heterocycles. The number of hydrogen-bond acceptors (Lipinski definition) is 4. The monoisotopic (exact) mass is 278 g/mol. The Hall–Kier alpha value is -1.86. The standard InChI is InChI=1S/C11H13F3N2O3/c1-2-19-10(18)4-3-9(17)7-16-6-8(5-15-16)11(12,13)14/h5-6H,2-4,7H2,1H3. The molecule has 106 valence electrons. The summed E-state index contributed by atoms with van der Waals surface area (Å²) in [5, 5.41) is 3.45. The Labute approximate surface area is 107 Å². The van der Waals surface area contributed by atoms with Crippen LogP contribution in [0, 0.1) is 0 Å². The van der Waals surface area contributed by atoms with Crippen molar-refractivity contribution in [1.29, 1.82) is 0 Å². The van der Waals surface area contributed by atoms with Gasteiger partial charge in [0.1, 0.15) is 0 Å². The zero-order valence-corrected chi connectivity index (χ0v) is 10.2. The van der Waals surface area contributed by atoms with Crippen LogP contribution in [0.25, 0.3) is 0 Å². The molecule has 0 aromatic carbocycles. The summed E-state index contributed by atoms with van der Waals surface area (Å²) in [5.74, 6) is -0.892. The van der Waals surface area contributed by atoms with Gasteiger partial charge in [0.05, 0.1) is 31.3 Å². The van der Waals surface area contributed by atoms with E-state index >= 15 is 0 Å². The molecule has 0 amide bonds. The maximum atomic E-state index is 12.3. The largest absolute Gasteiger partial charge is 0.466 e. The molecule has 0 N–H and O–H groups in total. The van der Waals surface area contributed by atoms with Crippen LogP contribution in [0.2, 0.25) is 0 Å². The molecule has 1 aromatic heterocycles. The third kappa shape index (κ3) is 5.11. The average molecular weight is 278 g/mol. The maximum Gasteiger partial charge on any atom is 0.419 e. The fraction of sp³-hybridized carbons (Fsp3) is 0.545. The summed E-state index contributed by atoms with van der Waals surface area (Å²) in [5.41, 5.74) is -0.911. The highest BCUT2D eigenvalue weighted by molar-refractivity contribution is 5.82. The van der Waals surface area contributed by atoms with Crippen LogP contribution in [0.3, 0.4) is 0 Å². The average Bonchev–Trinajstić information content (AvgIpc) is 2.75. The minimum Gasteiger partial charge on any atom is -0.466 e.